The van der Waals surface area contributed by atoms with E-state index in [4.69, 9.17) is 0 Å². The molecule has 3 aromatic rings. The summed E-state index contributed by atoms with van der Waals surface area (Å²) in [7, 11) is 0. The van der Waals surface area contributed by atoms with Gasteiger partial charge in [0.15, 0.2) is 0 Å². The second kappa shape index (κ2) is 4.70. The number of thiol groups is 1. The number of hydrogen-bond acceptors (Lipinski definition) is 2. The third kappa shape index (κ3) is 2.17. The van der Waals surface area contributed by atoms with Gasteiger partial charge in [0, 0.05) is 22.7 Å². The number of hydrogen-bond donors (Lipinski definition) is 2. The number of benzene rings is 1. The molecule has 3 rings (SSSR count). The van der Waals surface area contributed by atoms with Gasteiger partial charge in [-0.05, 0) is 35.4 Å². The minimum atomic E-state index is 0.919. The maximum atomic E-state index is 4.27. The van der Waals surface area contributed by atoms with E-state index in [-0.39, 0.29) is 0 Å². The normalized spacial score (nSPS) is 11.4. The molecule has 0 aliphatic heterocycles. The van der Waals surface area contributed by atoms with Crippen molar-refractivity contribution in [2.24, 2.45) is 0 Å². The smallest absolute Gasteiger partial charge is 0.137 e. The zero-order chi connectivity index (χ0) is 12.4. The van der Waals surface area contributed by atoms with Crippen LogP contribution in [0.25, 0.3) is 23.2 Å². The molecular weight excluding hydrogens is 240 g/mol. The molecule has 0 bridgehead atoms. The third-order valence-electron chi connectivity index (χ3n) is 2.84. The summed E-state index contributed by atoms with van der Waals surface area (Å²) in [5.41, 5.74) is 3.24. The van der Waals surface area contributed by atoms with Crippen LogP contribution in [0.5, 0.6) is 0 Å². The fraction of sp³-hybridized carbons (Fsp3) is 0. The van der Waals surface area contributed by atoms with Crippen LogP contribution in [-0.4, -0.2) is 9.97 Å². The predicted octanol–water partition coefficient (Wildman–Crippen LogP) is 4.02. The number of aromatic nitrogens is 2. The van der Waals surface area contributed by atoms with E-state index in [0.717, 1.165) is 27.1 Å². The first-order valence-corrected chi connectivity index (χ1v) is 6.17. The van der Waals surface area contributed by atoms with Gasteiger partial charge in [-0.1, -0.05) is 24.3 Å². The second-order valence-corrected chi connectivity index (χ2v) is 4.58. The maximum absolute atomic E-state index is 4.27. The van der Waals surface area contributed by atoms with Crippen LogP contribution in [0.4, 0.5) is 0 Å². The van der Waals surface area contributed by atoms with Gasteiger partial charge >= 0.3 is 0 Å². The van der Waals surface area contributed by atoms with Gasteiger partial charge in [-0.3, -0.25) is 0 Å². The highest BCUT2D eigenvalue weighted by Crippen LogP contribution is 2.18. The summed E-state index contributed by atoms with van der Waals surface area (Å²) in [5.74, 6) is 0. The molecule has 18 heavy (non-hydrogen) atoms. The number of rotatable bonds is 2. The van der Waals surface area contributed by atoms with Gasteiger partial charge in [0.1, 0.15) is 5.65 Å². The average Bonchev–Trinajstić information content (AvgIpc) is 2.87. The molecule has 0 unspecified atom stereocenters. The lowest BCUT2D eigenvalue weighted by Crippen LogP contribution is -1.79. The van der Waals surface area contributed by atoms with Crippen LogP contribution in [0.3, 0.4) is 0 Å². The molecule has 88 valence electrons. The van der Waals surface area contributed by atoms with Crippen LogP contribution in [0.2, 0.25) is 0 Å². The molecule has 2 nitrogen and oxygen atoms in total. The minimum absolute atomic E-state index is 0.919. The van der Waals surface area contributed by atoms with Crippen LogP contribution in [0, 0.1) is 0 Å². The van der Waals surface area contributed by atoms with Crippen LogP contribution in [0.1, 0.15) is 11.1 Å². The number of aromatic amines is 1. The van der Waals surface area contributed by atoms with E-state index in [1.54, 1.807) is 0 Å². The number of fused-ring (bicyclic) bond motifs is 1. The van der Waals surface area contributed by atoms with Crippen LogP contribution >= 0.6 is 12.6 Å². The van der Waals surface area contributed by atoms with Crippen molar-refractivity contribution in [1.82, 2.24) is 9.97 Å². The Balaban J connectivity index is 1.96. The molecule has 0 fully saturated rings. The first-order valence-electron chi connectivity index (χ1n) is 5.72. The number of pyridine rings is 1. The quantitative estimate of drug-likeness (QED) is 0.662. The number of nitrogens with zero attached hydrogens (tertiary/aromatic N) is 1. The lowest BCUT2D eigenvalue weighted by atomic mass is 10.1. The van der Waals surface area contributed by atoms with Crippen molar-refractivity contribution >= 4 is 35.8 Å². The Morgan fingerprint density at radius 2 is 1.83 bits per heavy atom. The fourth-order valence-electron chi connectivity index (χ4n) is 1.90. The van der Waals surface area contributed by atoms with Crippen molar-refractivity contribution in [3.63, 3.8) is 0 Å². The van der Waals surface area contributed by atoms with Crippen molar-refractivity contribution in [3.05, 3.63) is 59.9 Å². The van der Waals surface area contributed by atoms with Crippen molar-refractivity contribution in [1.29, 1.82) is 0 Å². The molecule has 0 radical (unpaired) electrons. The summed E-state index contributed by atoms with van der Waals surface area (Å²) in [4.78, 5) is 8.36. The molecule has 0 spiro atoms. The van der Waals surface area contributed by atoms with Crippen LogP contribution in [-0.2, 0) is 0 Å². The molecule has 0 aliphatic rings. The topological polar surface area (TPSA) is 28.7 Å². The van der Waals surface area contributed by atoms with Gasteiger partial charge in [0.2, 0.25) is 0 Å². The van der Waals surface area contributed by atoms with Gasteiger partial charge in [-0.25, -0.2) is 4.98 Å². The summed E-state index contributed by atoms with van der Waals surface area (Å²) in [5, 5.41) is 1.14. The average molecular weight is 252 g/mol. The van der Waals surface area contributed by atoms with E-state index in [1.165, 1.54) is 0 Å². The van der Waals surface area contributed by atoms with E-state index >= 15 is 0 Å². The molecule has 2 aromatic heterocycles. The summed E-state index contributed by atoms with van der Waals surface area (Å²) < 4.78 is 0. The highest BCUT2D eigenvalue weighted by molar-refractivity contribution is 7.80. The Bertz CT molecular complexity index is 696. The third-order valence-corrected chi connectivity index (χ3v) is 3.14. The first-order chi connectivity index (χ1) is 8.83. The summed E-state index contributed by atoms with van der Waals surface area (Å²) in [6.07, 6.45) is 7.92. The minimum Gasteiger partial charge on any atom is -0.346 e. The standard InChI is InChI=1S/C15H12N2S/c18-13-5-2-11(3-6-13)1-4-12-7-9-16-15-14(12)8-10-17-15/h1-10,18H,(H,16,17)/b4-1+. The van der Waals surface area contributed by atoms with E-state index in [9.17, 15) is 0 Å². The van der Waals surface area contributed by atoms with Gasteiger partial charge in [0.25, 0.3) is 0 Å². The second-order valence-electron chi connectivity index (χ2n) is 4.06. The molecule has 3 heteroatoms. The zero-order valence-electron chi connectivity index (χ0n) is 9.67. The van der Waals surface area contributed by atoms with Crippen LogP contribution < -0.4 is 0 Å². The lowest BCUT2D eigenvalue weighted by molar-refractivity contribution is 1.32. The van der Waals surface area contributed by atoms with Crippen molar-refractivity contribution in [2.75, 3.05) is 0 Å². The summed E-state index contributed by atoms with van der Waals surface area (Å²) >= 11 is 4.27. The monoisotopic (exact) mass is 252 g/mol. The SMILES string of the molecule is Sc1ccc(/C=C/c2ccnc3[nH]ccc23)cc1. The van der Waals surface area contributed by atoms with Gasteiger partial charge in [0.05, 0.1) is 0 Å². The fourth-order valence-corrected chi connectivity index (χ4v) is 2.05. The molecule has 0 amide bonds. The number of nitrogens with one attached hydrogen (secondary N) is 1. The van der Waals surface area contributed by atoms with E-state index in [1.807, 2.05) is 48.8 Å². The van der Waals surface area contributed by atoms with E-state index in [2.05, 4.69) is 34.7 Å². The Hall–Kier alpha value is -2.00. The Labute approximate surface area is 111 Å². The zero-order valence-corrected chi connectivity index (χ0v) is 10.6. The summed E-state index contributed by atoms with van der Waals surface area (Å²) in [6, 6.07) is 12.1. The highest BCUT2D eigenvalue weighted by atomic mass is 32.1. The van der Waals surface area contributed by atoms with Crippen molar-refractivity contribution in [3.8, 4) is 0 Å². The first kappa shape index (κ1) is 11.1. The predicted molar refractivity (Wildman–Crippen MR) is 78.7 cm³/mol. The van der Waals surface area contributed by atoms with Crippen molar-refractivity contribution in [2.45, 2.75) is 4.90 Å². The Morgan fingerprint density at radius 1 is 1.00 bits per heavy atom. The molecule has 2 heterocycles. The van der Waals surface area contributed by atoms with Gasteiger partial charge in [-0.2, -0.15) is 0 Å². The highest BCUT2D eigenvalue weighted by Gasteiger charge is 1.98. The molecule has 0 saturated heterocycles. The lowest BCUT2D eigenvalue weighted by Gasteiger charge is -1.97. The van der Waals surface area contributed by atoms with E-state index in [0.29, 0.717) is 0 Å². The maximum Gasteiger partial charge on any atom is 0.137 e. The number of H-pyrrole nitrogens is 1. The van der Waals surface area contributed by atoms with Crippen molar-refractivity contribution < 1.29 is 0 Å². The van der Waals surface area contributed by atoms with Gasteiger partial charge in [-0.15, -0.1) is 12.6 Å². The molecule has 0 saturated carbocycles. The molecule has 0 atom stereocenters. The molecule has 0 aliphatic carbocycles. The Morgan fingerprint density at radius 3 is 2.67 bits per heavy atom. The molecular formula is C15H12N2S. The van der Waals surface area contributed by atoms with E-state index < -0.39 is 0 Å². The van der Waals surface area contributed by atoms with Gasteiger partial charge < -0.3 is 4.98 Å². The largest absolute Gasteiger partial charge is 0.346 e. The van der Waals surface area contributed by atoms with Crippen LogP contribution in [0.15, 0.2) is 53.7 Å². The summed E-state index contributed by atoms with van der Waals surface area (Å²) in [6.45, 7) is 0. The Kier molecular flexibility index (Phi) is 2.90. The molecule has 1 N–H and O–H groups in total. The molecule has 1 aromatic carbocycles.